The SMILES string of the molecule is CC[C@H](C)NC(=O)[C@@H](Cc1ccccc1)N(Cc1cccc(Br)c1)C(=O)CN(c1cc(Cl)cc(Cl)c1)S(=O)(=O)c1ccc(C)cc1. The van der Waals surface area contributed by atoms with Gasteiger partial charge in [0.05, 0.1) is 10.6 Å². The Labute approximate surface area is 289 Å². The molecule has 0 saturated carbocycles. The van der Waals surface area contributed by atoms with Gasteiger partial charge in [0.25, 0.3) is 10.0 Å². The molecule has 4 rings (SSSR count). The lowest BCUT2D eigenvalue weighted by atomic mass is 10.0. The van der Waals surface area contributed by atoms with E-state index < -0.39 is 28.5 Å². The van der Waals surface area contributed by atoms with Crippen LogP contribution in [0.1, 0.15) is 37.0 Å². The first kappa shape index (κ1) is 35.5. The Bertz CT molecular complexity index is 1750. The molecule has 0 radical (unpaired) electrons. The lowest BCUT2D eigenvalue weighted by Gasteiger charge is -2.34. The lowest BCUT2D eigenvalue weighted by molar-refractivity contribution is -0.140. The van der Waals surface area contributed by atoms with Crippen molar-refractivity contribution in [3.8, 4) is 0 Å². The second-order valence-corrected chi connectivity index (χ2v) is 14.8. The Morgan fingerprint density at radius 2 is 1.50 bits per heavy atom. The number of rotatable bonds is 13. The van der Waals surface area contributed by atoms with Crippen molar-refractivity contribution in [3.63, 3.8) is 0 Å². The summed E-state index contributed by atoms with van der Waals surface area (Å²) in [6, 6.07) is 26.5. The third-order valence-corrected chi connectivity index (χ3v) is 10.3. The van der Waals surface area contributed by atoms with Crippen molar-refractivity contribution < 1.29 is 18.0 Å². The largest absolute Gasteiger partial charge is 0.352 e. The number of nitrogens with one attached hydrogen (secondary N) is 1. The molecule has 0 aliphatic carbocycles. The number of carbonyl (C=O) groups is 2. The molecule has 0 unspecified atom stereocenters. The number of benzene rings is 4. The standard InChI is InChI=1S/C35H36BrCl2N3O4S/c1-4-25(3)39-35(43)33(18-26-9-6-5-7-10-26)40(22-27-11-8-12-28(36)17-27)34(42)23-41(31-20-29(37)19-30(38)21-31)46(44,45)32-15-13-24(2)14-16-32/h5-17,19-21,25,33H,4,18,22-23H2,1-3H3,(H,39,43)/t25-,33+/m0/s1. The molecule has 0 aliphatic heterocycles. The van der Waals surface area contributed by atoms with Crippen LogP contribution < -0.4 is 9.62 Å². The van der Waals surface area contributed by atoms with E-state index in [1.165, 1.54) is 35.2 Å². The molecule has 242 valence electrons. The van der Waals surface area contributed by atoms with Gasteiger partial charge in [0.2, 0.25) is 11.8 Å². The van der Waals surface area contributed by atoms with Crippen molar-refractivity contribution in [2.75, 3.05) is 10.8 Å². The number of nitrogens with zero attached hydrogens (tertiary/aromatic N) is 2. The van der Waals surface area contributed by atoms with Gasteiger partial charge in [0, 0.05) is 33.5 Å². The number of halogens is 3. The van der Waals surface area contributed by atoms with Gasteiger partial charge in [-0.15, -0.1) is 0 Å². The fourth-order valence-electron chi connectivity index (χ4n) is 4.88. The molecule has 11 heteroatoms. The Hall–Kier alpha value is -3.37. The lowest BCUT2D eigenvalue weighted by Crippen LogP contribution is -2.54. The summed E-state index contributed by atoms with van der Waals surface area (Å²) in [5.41, 5.74) is 2.61. The van der Waals surface area contributed by atoms with Crippen molar-refractivity contribution >= 4 is 66.7 Å². The van der Waals surface area contributed by atoms with Crippen LogP contribution in [0, 0.1) is 6.92 Å². The van der Waals surface area contributed by atoms with E-state index in [-0.39, 0.29) is 45.5 Å². The fourth-order valence-corrected chi connectivity index (χ4v) is 7.24. The molecular weight excluding hydrogens is 709 g/mol. The van der Waals surface area contributed by atoms with E-state index in [4.69, 9.17) is 23.2 Å². The number of amides is 2. The Kier molecular flexibility index (Phi) is 12.3. The second-order valence-electron chi connectivity index (χ2n) is 11.1. The fraction of sp³-hybridized carbons (Fsp3) is 0.257. The highest BCUT2D eigenvalue weighted by Gasteiger charge is 2.35. The van der Waals surface area contributed by atoms with Gasteiger partial charge in [0.15, 0.2) is 0 Å². The molecule has 2 amide bonds. The molecule has 0 aliphatic rings. The maximum atomic E-state index is 14.6. The summed E-state index contributed by atoms with van der Waals surface area (Å²) >= 11 is 16.1. The minimum atomic E-state index is -4.28. The first-order chi connectivity index (χ1) is 21.9. The number of aryl methyl sites for hydroxylation is 1. The molecule has 0 fully saturated rings. The highest BCUT2D eigenvalue weighted by molar-refractivity contribution is 9.10. The minimum Gasteiger partial charge on any atom is -0.352 e. The summed E-state index contributed by atoms with van der Waals surface area (Å²) < 4.78 is 30.2. The summed E-state index contributed by atoms with van der Waals surface area (Å²) in [4.78, 5) is 30.0. The summed E-state index contributed by atoms with van der Waals surface area (Å²) in [7, 11) is -4.28. The van der Waals surface area contributed by atoms with E-state index in [0.29, 0.717) is 6.42 Å². The first-order valence-corrected chi connectivity index (χ1v) is 17.8. The molecular formula is C35H36BrCl2N3O4S. The zero-order valence-corrected chi connectivity index (χ0v) is 29.7. The predicted octanol–water partition coefficient (Wildman–Crippen LogP) is 7.81. The molecule has 0 saturated heterocycles. The topological polar surface area (TPSA) is 86.8 Å². The maximum absolute atomic E-state index is 14.6. The predicted molar refractivity (Wildman–Crippen MR) is 189 cm³/mol. The van der Waals surface area contributed by atoms with E-state index >= 15 is 0 Å². The molecule has 0 aromatic heterocycles. The highest BCUT2D eigenvalue weighted by atomic mass is 79.9. The summed E-state index contributed by atoms with van der Waals surface area (Å²) in [5, 5.41) is 3.45. The summed E-state index contributed by atoms with van der Waals surface area (Å²) in [6.45, 7) is 5.16. The van der Waals surface area contributed by atoms with Crippen LogP contribution in [0.25, 0.3) is 0 Å². The van der Waals surface area contributed by atoms with Gasteiger partial charge in [-0.3, -0.25) is 13.9 Å². The molecule has 0 heterocycles. The van der Waals surface area contributed by atoms with Gasteiger partial charge in [-0.25, -0.2) is 8.42 Å². The van der Waals surface area contributed by atoms with Crippen molar-refractivity contribution in [2.45, 2.75) is 57.1 Å². The van der Waals surface area contributed by atoms with Crippen LogP contribution in [0.2, 0.25) is 10.0 Å². The molecule has 2 atom stereocenters. The smallest absolute Gasteiger partial charge is 0.264 e. The number of carbonyl (C=O) groups excluding carboxylic acids is 2. The van der Waals surface area contributed by atoms with E-state index in [0.717, 1.165) is 25.5 Å². The minimum absolute atomic E-state index is 0.00381. The summed E-state index contributed by atoms with van der Waals surface area (Å²) in [5.74, 6) is -0.910. The van der Waals surface area contributed by atoms with Crippen LogP contribution >= 0.6 is 39.1 Å². The first-order valence-electron chi connectivity index (χ1n) is 14.8. The van der Waals surface area contributed by atoms with Crippen LogP contribution in [0.3, 0.4) is 0 Å². The van der Waals surface area contributed by atoms with Crippen LogP contribution in [0.4, 0.5) is 5.69 Å². The van der Waals surface area contributed by atoms with Crippen LogP contribution in [0.5, 0.6) is 0 Å². The molecule has 0 bridgehead atoms. The number of hydrogen-bond acceptors (Lipinski definition) is 4. The van der Waals surface area contributed by atoms with Crippen molar-refractivity contribution in [1.29, 1.82) is 0 Å². The molecule has 4 aromatic rings. The van der Waals surface area contributed by atoms with E-state index in [1.54, 1.807) is 12.1 Å². The second kappa shape index (κ2) is 16.0. The highest BCUT2D eigenvalue weighted by Crippen LogP contribution is 2.30. The van der Waals surface area contributed by atoms with Crippen LogP contribution in [0.15, 0.2) is 106 Å². The quantitative estimate of drug-likeness (QED) is 0.151. The van der Waals surface area contributed by atoms with E-state index in [1.807, 2.05) is 75.4 Å². The number of anilines is 1. The van der Waals surface area contributed by atoms with Gasteiger partial charge < -0.3 is 10.2 Å². The van der Waals surface area contributed by atoms with Crippen molar-refractivity contribution in [3.05, 3.63) is 128 Å². The number of hydrogen-bond donors (Lipinski definition) is 1. The Morgan fingerprint density at radius 1 is 0.870 bits per heavy atom. The third-order valence-electron chi connectivity index (χ3n) is 7.54. The average Bonchev–Trinajstić information content (AvgIpc) is 3.01. The van der Waals surface area contributed by atoms with Gasteiger partial charge in [-0.2, -0.15) is 0 Å². The van der Waals surface area contributed by atoms with E-state index in [2.05, 4.69) is 21.2 Å². The molecule has 46 heavy (non-hydrogen) atoms. The van der Waals surface area contributed by atoms with Gasteiger partial charge in [-0.05, 0) is 73.9 Å². The third kappa shape index (κ3) is 9.35. The Balaban J connectivity index is 1.83. The van der Waals surface area contributed by atoms with Crippen molar-refractivity contribution in [1.82, 2.24) is 10.2 Å². The molecule has 7 nitrogen and oxygen atoms in total. The van der Waals surface area contributed by atoms with Gasteiger partial charge in [0.1, 0.15) is 12.6 Å². The van der Waals surface area contributed by atoms with Crippen LogP contribution in [-0.4, -0.2) is 43.8 Å². The average molecular weight is 746 g/mol. The normalized spacial score (nSPS) is 12.7. The van der Waals surface area contributed by atoms with Gasteiger partial charge in [-0.1, -0.05) is 106 Å². The number of sulfonamides is 1. The van der Waals surface area contributed by atoms with Crippen LogP contribution in [-0.2, 0) is 32.6 Å². The molecule has 1 N–H and O–H groups in total. The Morgan fingerprint density at radius 3 is 2.11 bits per heavy atom. The van der Waals surface area contributed by atoms with Gasteiger partial charge >= 0.3 is 0 Å². The monoisotopic (exact) mass is 743 g/mol. The summed E-state index contributed by atoms with van der Waals surface area (Å²) in [6.07, 6.45) is 0.915. The molecule has 4 aromatic carbocycles. The molecule has 0 spiro atoms. The van der Waals surface area contributed by atoms with E-state index in [9.17, 15) is 18.0 Å². The van der Waals surface area contributed by atoms with Crippen molar-refractivity contribution in [2.24, 2.45) is 0 Å². The maximum Gasteiger partial charge on any atom is 0.264 e. The zero-order valence-electron chi connectivity index (χ0n) is 25.8. The zero-order chi connectivity index (χ0) is 33.4.